The molecule has 2 aliphatic heterocycles. The highest BCUT2D eigenvalue weighted by Crippen LogP contribution is 2.60. The van der Waals surface area contributed by atoms with E-state index in [4.69, 9.17) is 9.47 Å². The van der Waals surface area contributed by atoms with E-state index in [0.29, 0.717) is 13.2 Å². The van der Waals surface area contributed by atoms with Gasteiger partial charge in [0.2, 0.25) is 0 Å². The van der Waals surface area contributed by atoms with Crippen molar-refractivity contribution >= 4 is 11.9 Å². The van der Waals surface area contributed by atoms with E-state index in [9.17, 15) is 9.59 Å². The standard InChI is InChI=1S/C14H20N2O4/c1-16-10(17)13(15-11(16)18)8-12(9-13)2-4-14(5-3-12)19-6-7-20-14/h2-9H2,1H3,(H,15,18). The summed E-state index contributed by atoms with van der Waals surface area (Å²) >= 11 is 0. The highest BCUT2D eigenvalue weighted by molar-refractivity contribution is 6.07. The second-order valence-corrected chi connectivity index (χ2v) is 6.84. The number of carbonyl (C=O) groups excluding carboxylic acids is 2. The van der Waals surface area contributed by atoms with Crippen molar-refractivity contribution in [2.75, 3.05) is 20.3 Å². The predicted octanol–water partition coefficient (Wildman–Crippen LogP) is 1.00. The molecule has 4 fully saturated rings. The van der Waals surface area contributed by atoms with Crippen LogP contribution in [0.4, 0.5) is 4.79 Å². The Balaban J connectivity index is 1.44. The van der Waals surface area contributed by atoms with Gasteiger partial charge in [-0.3, -0.25) is 9.69 Å². The Hall–Kier alpha value is -1.14. The lowest BCUT2D eigenvalue weighted by molar-refractivity contribution is -0.205. The molecule has 0 aromatic rings. The highest BCUT2D eigenvalue weighted by Gasteiger charge is 2.65. The summed E-state index contributed by atoms with van der Waals surface area (Å²) in [5.41, 5.74) is -0.428. The quantitative estimate of drug-likeness (QED) is 0.672. The fraction of sp³-hybridized carbons (Fsp3) is 0.857. The second-order valence-electron chi connectivity index (χ2n) is 6.84. The summed E-state index contributed by atoms with van der Waals surface area (Å²) < 4.78 is 11.5. The van der Waals surface area contributed by atoms with Gasteiger partial charge in [0.05, 0.1) is 13.2 Å². The molecular weight excluding hydrogens is 260 g/mol. The summed E-state index contributed by atoms with van der Waals surface area (Å²) in [6.07, 6.45) is 5.38. The monoisotopic (exact) mass is 280 g/mol. The maximum absolute atomic E-state index is 12.2. The highest BCUT2D eigenvalue weighted by atomic mass is 16.7. The fourth-order valence-corrected chi connectivity index (χ4v) is 4.52. The Labute approximate surface area is 117 Å². The zero-order valence-electron chi connectivity index (χ0n) is 11.7. The van der Waals surface area contributed by atoms with Gasteiger partial charge in [-0.25, -0.2) is 4.79 Å². The number of hydrogen-bond donors (Lipinski definition) is 1. The Morgan fingerprint density at radius 2 is 1.65 bits per heavy atom. The van der Waals surface area contributed by atoms with E-state index in [2.05, 4.69) is 5.32 Å². The zero-order chi connectivity index (χ0) is 14.0. The van der Waals surface area contributed by atoms with Crippen molar-refractivity contribution in [3.8, 4) is 0 Å². The fourth-order valence-electron chi connectivity index (χ4n) is 4.52. The van der Waals surface area contributed by atoms with Crippen LogP contribution in [-0.4, -0.2) is 48.4 Å². The van der Waals surface area contributed by atoms with E-state index in [1.807, 2.05) is 0 Å². The second kappa shape index (κ2) is 3.74. The lowest BCUT2D eigenvalue weighted by Gasteiger charge is -2.56. The van der Waals surface area contributed by atoms with Crippen molar-refractivity contribution in [3.63, 3.8) is 0 Å². The minimum atomic E-state index is -0.617. The van der Waals surface area contributed by atoms with Gasteiger partial charge in [0, 0.05) is 19.9 Å². The smallest absolute Gasteiger partial charge is 0.324 e. The molecule has 0 atom stereocenters. The average Bonchev–Trinajstić information content (AvgIpc) is 2.93. The number of imide groups is 1. The van der Waals surface area contributed by atoms with Crippen molar-refractivity contribution in [1.29, 1.82) is 0 Å². The van der Waals surface area contributed by atoms with E-state index in [-0.39, 0.29) is 23.1 Å². The topological polar surface area (TPSA) is 67.9 Å². The summed E-state index contributed by atoms with van der Waals surface area (Å²) in [5.74, 6) is -0.421. The number of carbonyl (C=O) groups is 2. The minimum Gasteiger partial charge on any atom is -0.348 e. The van der Waals surface area contributed by atoms with Crippen molar-refractivity contribution in [1.82, 2.24) is 10.2 Å². The first-order valence-corrected chi connectivity index (χ1v) is 7.37. The van der Waals surface area contributed by atoms with Crippen LogP contribution in [0.2, 0.25) is 0 Å². The molecular formula is C14H20N2O4. The van der Waals surface area contributed by atoms with Crippen LogP contribution in [0.25, 0.3) is 0 Å². The molecule has 2 saturated heterocycles. The number of amides is 3. The number of nitrogens with one attached hydrogen (secondary N) is 1. The number of urea groups is 1. The number of hydrogen-bond acceptors (Lipinski definition) is 4. The first-order chi connectivity index (χ1) is 9.48. The maximum Gasteiger partial charge on any atom is 0.324 e. The van der Waals surface area contributed by atoms with Gasteiger partial charge in [-0.2, -0.15) is 0 Å². The lowest BCUT2D eigenvalue weighted by atomic mass is 9.51. The molecule has 2 saturated carbocycles. The first-order valence-electron chi connectivity index (χ1n) is 7.37. The largest absolute Gasteiger partial charge is 0.348 e. The van der Waals surface area contributed by atoms with Gasteiger partial charge in [0.25, 0.3) is 5.91 Å². The molecule has 6 nitrogen and oxygen atoms in total. The zero-order valence-corrected chi connectivity index (χ0v) is 11.7. The van der Waals surface area contributed by atoms with Gasteiger partial charge in [-0.05, 0) is 31.1 Å². The molecule has 4 aliphatic rings. The van der Waals surface area contributed by atoms with Crippen molar-refractivity contribution in [2.24, 2.45) is 5.41 Å². The van der Waals surface area contributed by atoms with E-state index in [0.717, 1.165) is 38.5 Å². The molecule has 0 bridgehead atoms. The Kier molecular flexibility index (Phi) is 2.35. The molecule has 2 aliphatic carbocycles. The molecule has 2 heterocycles. The molecule has 0 unspecified atom stereocenters. The molecule has 3 amide bonds. The van der Waals surface area contributed by atoms with Gasteiger partial charge >= 0.3 is 6.03 Å². The third-order valence-electron chi connectivity index (χ3n) is 5.60. The van der Waals surface area contributed by atoms with Crippen LogP contribution in [0.1, 0.15) is 38.5 Å². The van der Waals surface area contributed by atoms with Crippen molar-refractivity contribution < 1.29 is 19.1 Å². The third kappa shape index (κ3) is 1.52. The molecule has 1 N–H and O–H groups in total. The van der Waals surface area contributed by atoms with Gasteiger partial charge in [-0.15, -0.1) is 0 Å². The van der Waals surface area contributed by atoms with Gasteiger partial charge in [-0.1, -0.05) is 0 Å². The van der Waals surface area contributed by atoms with Crippen LogP contribution in [-0.2, 0) is 14.3 Å². The van der Waals surface area contributed by atoms with Crippen LogP contribution in [0.5, 0.6) is 0 Å². The molecule has 0 radical (unpaired) electrons. The SMILES string of the molecule is CN1C(=O)NC2(CC3(CCC4(CC3)OCCO4)C2)C1=O. The molecule has 3 spiro atoms. The summed E-state index contributed by atoms with van der Waals surface area (Å²) in [5, 5.41) is 2.87. The minimum absolute atomic E-state index is 0.0678. The lowest BCUT2D eigenvalue weighted by Crippen LogP contribution is -2.63. The number of rotatable bonds is 0. The molecule has 0 aromatic carbocycles. The molecule has 6 heteroatoms. The van der Waals surface area contributed by atoms with Crippen LogP contribution in [0, 0.1) is 5.41 Å². The molecule has 110 valence electrons. The Morgan fingerprint density at radius 1 is 1.05 bits per heavy atom. The van der Waals surface area contributed by atoms with Gasteiger partial charge < -0.3 is 14.8 Å². The van der Waals surface area contributed by atoms with Crippen molar-refractivity contribution in [2.45, 2.75) is 49.9 Å². The van der Waals surface area contributed by atoms with Gasteiger partial charge in [0.15, 0.2) is 5.79 Å². The number of nitrogens with zero attached hydrogens (tertiary/aromatic N) is 1. The van der Waals surface area contributed by atoms with E-state index < -0.39 is 5.54 Å². The normalized spacial score (nSPS) is 33.0. The Morgan fingerprint density at radius 3 is 2.15 bits per heavy atom. The van der Waals surface area contributed by atoms with E-state index in [1.54, 1.807) is 7.05 Å². The molecule has 4 rings (SSSR count). The summed E-state index contributed by atoms with van der Waals surface area (Å²) in [7, 11) is 1.55. The molecule has 0 aromatic heterocycles. The van der Waals surface area contributed by atoms with E-state index in [1.165, 1.54) is 4.90 Å². The average molecular weight is 280 g/mol. The third-order valence-corrected chi connectivity index (χ3v) is 5.60. The summed E-state index contributed by atoms with van der Waals surface area (Å²) in [4.78, 5) is 25.0. The maximum atomic E-state index is 12.2. The summed E-state index contributed by atoms with van der Waals surface area (Å²) in [6, 6.07) is -0.264. The number of likely N-dealkylation sites (N-methyl/N-ethyl adjacent to an activating group) is 1. The first kappa shape index (κ1) is 12.6. The molecule has 20 heavy (non-hydrogen) atoms. The van der Waals surface area contributed by atoms with Crippen LogP contribution >= 0.6 is 0 Å². The summed E-state index contributed by atoms with van der Waals surface area (Å²) in [6.45, 7) is 1.38. The Bertz CT molecular complexity index is 466. The van der Waals surface area contributed by atoms with Gasteiger partial charge in [0.1, 0.15) is 5.54 Å². The van der Waals surface area contributed by atoms with Crippen LogP contribution in [0.3, 0.4) is 0 Å². The van der Waals surface area contributed by atoms with Crippen molar-refractivity contribution in [3.05, 3.63) is 0 Å². The predicted molar refractivity (Wildman–Crippen MR) is 68.8 cm³/mol. The van der Waals surface area contributed by atoms with Crippen LogP contribution in [0.15, 0.2) is 0 Å². The van der Waals surface area contributed by atoms with E-state index >= 15 is 0 Å². The number of ether oxygens (including phenoxy) is 2. The van der Waals surface area contributed by atoms with Crippen LogP contribution < -0.4 is 5.32 Å².